The number of ether oxygens (including phenoxy) is 1. The maximum Gasteiger partial charge on any atom is 0.258 e. The molecule has 1 N–H and O–H groups in total. The third-order valence-electron chi connectivity index (χ3n) is 3.48. The molecule has 7 nitrogen and oxygen atoms in total. The molecule has 0 radical (unpaired) electrons. The lowest BCUT2D eigenvalue weighted by Crippen LogP contribution is -2.29. The lowest BCUT2D eigenvalue weighted by Gasteiger charge is -2.08. The first kappa shape index (κ1) is 17.5. The number of rotatable bonds is 6. The van der Waals surface area contributed by atoms with E-state index in [1.54, 1.807) is 6.07 Å². The zero-order valence-electron chi connectivity index (χ0n) is 13.8. The van der Waals surface area contributed by atoms with Crippen LogP contribution in [-0.2, 0) is 11.3 Å². The summed E-state index contributed by atoms with van der Waals surface area (Å²) in [5.74, 6) is -1.50. The molecule has 2 aromatic carbocycles. The van der Waals surface area contributed by atoms with Gasteiger partial charge in [0.25, 0.3) is 5.91 Å². The number of aromatic nitrogens is 4. The Morgan fingerprint density at radius 2 is 2.04 bits per heavy atom. The summed E-state index contributed by atoms with van der Waals surface area (Å²) >= 11 is 0. The first-order chi connectivity index (χ1) is 12.5. The topological polar surface area (TPSA) is 81.9 Å². The molecule has 1 aromatic heterocycles. The van der Waals surface area contributed by atoms with Gasteiger partial charge in [0.05, 0.1) is 12.2 Å². The van der Waals surface area contributed by atoms with Crippen LogP contribution in [0.15, 0.2) is 42.5 Å². The Bertz CT molecular complexity index is 929. The molecule has 26 heavy (non-hydrogen) atoms. The van der Waals surface area contributed by atoms with Gasteiger partial charge in [0.1, 0.15) is 5.75 Å². The van der Waals surface area contributed by atoms with Crippen molar-refractivity contribution in [3.63, 3.8) is 0 Å². The number of nitrogens with one attached hydrogen (secondary N) is 1. The highest BCUT2D eigenvalue weighted by Gasteiger charge is 2.12. The van der Waals surface area contributed by atoms with Crippen molar-refractivity contribution in [3.8, 4) is 11.4 Å². The van der Waals surface area contributed by atoms with E-state index in [9.17, 15) is 13.6 Å². The van der Waals surface area contributed by atoms with Crippen molar-refractivity contribution in [1.82, 2.24) is 25.5 Å². The Hall–Kier alpha value is -3.36. The summed E-state index contributed by atoms with van der Waals surface area (Å²) < 4.78 is 33.0. The lowest BCUT2D eigenvalue weighted by atomic mass is 10.2. The molecule has 134 valence electrons. The Balaban J connectivity index is 1.59. The molecule has 0 aliphatic heterocycles. The fourth-order valence-corrected chi connectivity index (χ4v) is 2.22. The van der Waals surface area contributed by atoms with E-state index in [4.69, 9.17) is 4.74 Å². The van der Waals surface area contributed by atoms with Crippen LogP contribution in [0.3, 0.4) is 0 Å². The monoisotopic (exact) mass is 359 g/mol. The van der Waals surface area contributed by atoms with Gasteiger partial charge in [-0.2, -0.15) is 4.68 Å². The number of carbonyl (C=O) groups excluding carboxylic acids is 1. The minimum absolute atomic E-state index is 0.00199. The highest BCUT2D eigenvalue weighted by Crippen LogP contribution is 2.13. The van der Waals surface area contributed by atoms with Crippen molar-refractivity contribution in [2.45, 2.75) is 13.5 Å². The van der Waals surface area contributed by atoms with Gasteiger partial charge < -0.3 is 10.1 Å². The highest BCUT2D eigenvalue weighted by atomic mass is 19.2. The van der Waals surface area contributed by atoms with Gasteiger partial charge in [-0.25, -0.2) is 8.78 Å². The van der Waals surface area contributed by atoms with Crippen molar-refractivity contribution >= 4 is 5.91 Å². The number of tetrazole rings is 1. The number of hydrogen-bond donors (Lipinski definition) is 1. The quantitative estimate of drug-likeness (QED) is 0.727. The Kier molecular flexibility index (Phi) is 5.16. The van der Waals surface area contributed by atoms with Crippen LogP contribution in [0.2, 0.25) is 0 Å². The van der Waals surface area contributed by atoms with Gasteiger partial charge >= 0.3 is 0 Å². The van der Waals surface area contributed by atoms with Gasteiger partial charge in [-0.05, 0) is 47.2 Å². The number of halogens is 2. The second-order valence-electron chi connectivity index (χ2n) is 5.49. The molecule has 0 fully saturated rings. The molecule has 0 aliphatic rings. The number of nitrogens with zero attached hydrogens (tertiary/aromatic N) is 4. The Morgan fingerprint density at radius 3 is 2.81 bits per heavy atom. The van der Waals surface area contributed by atoms with Crippen molar-refractivity contribution in [3.05, 3.63) is 65.5 Å². The van der Waals surface area contributed by atoms with E-state index in [0.717, 1.165) is 17.7 Å². The minimum atomic E-state index is -1.01. The zero-order chi connectivity index (χ0) is 18.5. The SMILES string of the molecule is Cc1cccc(OCC(=O)NCc2nnnn2-c2ccc(F)c(F)c2)c1. The van der Waals surface area contributed by atoms with Gasteiger partial charge in [-0.3, -0.25) is 4.79 Å². The third-order valence-corrected chi connectivity index (χ3v) is 3.48. The van der Waals surface area contributed by atoms with E-state index in [2.05, 4.69) is 20.8 Å². The van der Waals surface area contributed by atoms with E-state index in [1.807, 2.05) is 25.1 Å². The van der Waals surface area contributed by atoms with Crippen molar-refractivity contribution in [2.75, 3.05) is 6.61 Å². The average Bonchev–Trinajstić information content (AvgIpc) is 3.09. The number of amides is 1. The Labute approximate surface area is 147 Å². The van der Waals surface area contributed by atoms with Gasteiger partial charge in [-0.1, -0.05) is 12.1 Å². The summed E-state index contributed by atoms with van der Waals surface area (Å²) in [6.45, 7) is 1.75. The van der Waals surface area contributed by atoms with Gasteiger partial charge in [0.15, 0.2) is 24.1 Å². The average molecular weight is 359 g/mol. The highest BCUT2D eigenvalue weighted by molar-refractivity contribution is 5.77. The van der Waals surface area contributed by atoms with Crippen LogP contribution in [0, 0.1) is 18.6 Å². The first-order valence-corrected chi connectivity index (χ1v) is 7.72. The molecular weight excluding hydrogens is 344 g/mol. The second-order valence-corrected chi connectivity index (χ2v) is 5.49. The molecule has 0 atom stereocenters. The summed E-state index contributed by atoms with van der Waals surface area (Å²) in [6, 6.07) is 10.6. The fraction of sp³-hybridized carbons (Fsp3) is 0.176. The maximum absolute atomic E-state index is 13.4. The standard InChI is InChI=1S/C17H15F2N5O2/c1-11-3-2-4-13(7-11)26-10-17(25)20-9-16-21-22-23-24(16)12-5-6-14(18)15(19)8-12/h2-8H,9-10H2,1H3,(H,20,25). The number of aryl methyl sites for hydroxylation is 1. The van der Waals surface area contributed by atoms with E-state index >= 15 is 0 Å². The third kappa shape index (κ3) is 4.18. The van der Waals surface area contributed by atoms with Crippen molar-refractivity contribution < 1.29 is 18.3 Å². The molecule has 3 aromatic rings. The van der Waals surface area contributed by atoms with Crippen molar-refractivity contribution in [2.24, 2.45) is 0 Å². The zero-order valence-corrected chi connectivity index (χ0v) is 13.8. The Morgan fingerprint density at radius 1 is 1.19 bits per heavy atom. The maximum atomic E-state index is 13.4. The predicted octanol–water partition coefficient (Wildman–Crippen LogP) is 1.94. The van der Waals surface area contributed by atoms with Crippen LogP contribution >= 0.6 is 0 Å². The molecule has 0 saturated carbocycles. The van der Waals surface area contributed by atoms with Gasteiger partial charge in [-0.15, -0.1) is 5.10 Å². The molecule has 0 bridgehead atoms. The molecule has 0 unspecified atom stereocenters. The van der Waals surface area contributed by atoms with E-state index in [-0.39, 0.29) is 30.6 Å². The normalized spacial score (nSPS) is 10.6. The lowest BCUT2D eigenvalue weighted by molar-refractivity contribution is -0.123. The van der Waals surface area contributed by atoms with Crippen LogP contribution in [-0.4, -0.2) is 32.7 Å². The molecule has 0 spiro atoms. The predicted molar refractivity (Wildman–Crippen MR) is 87.6 cm³/mol. The fourth-order valence-electron chi connectivity index (χ4n) is 2.22. The minimum Gasteiger partial charge on any atom is -0.484 e. The van der Waals surface area contributed by atoms with Gasteiger partial charge in [0.2, 0.25) is 0 Å². The van der Waals surface area contributed by atoms with Crippen LogP contribution < -0.4 is 10.1 Å². The second kappa shape index (κ2) is 7.68. The van der Waals surface area contributed by atoms with Gasteiger partial charge in [0, 0.05) is 6.07 Å². The smallest absolute Gasteiger partial charge is 0.258 e. The van der Waals surface area contributed by atoms with E-state index < -0.39 is 11.6 Å². The van der Waals surface area contributed by atoms with Crippen LogP contribution in [0.1, 0.15) is 11.4 Å². The van der Waals surface area contributed by atoms with Crippen LogP contribution in [0.5, 0.6) is 5.75 Å². The number of hydrogen-bond acceptors (Lipinski definition) is 5. The molecule has 0 saturated heterocycles. The number of benzene rings is 2. The van der Waals surface area contributed by atoms with Crippen molar-refractivity contribution in [1.29, 1.82) is 0 Å². The van der Waals surface area contributed by atoms with E-state index in [0.29, 0.717) is 5.75 Å². The molecule has 0 aliphatic carbocycles. The summed E-state index contributed by atoms with van der Waals surface area (Å²) in [4.78, 5) is 11.9. The number of carbonyl (C=O) groups is 1. The largest absolute Gasteiger partial charge is 0.484 e. The first-order valence-electron chi connectivity index (χ1n) is 7.72. The molecule has 1 amide bonds. The van der Waals surface area contributed by atoms with Crippen LogP contribution in [0.25, 0.3) is 5.69 Å². The van der Waals surface area contributed by atoms with E-state index in [1.165, 1.54) is 10.7 Å². The molecule has 1 heterocycles. The molecular formula is C17H15F2N5O2. The summed E-state index contributed by atoms with van der Waals surface area (Å²) in [6.07, 6.45) is 0. The summed E-state index contributed by atoms with van der Waals surface area (Å²) in [5.41, 5.74) is 1.27. The summed E-state index contributed by atoms with van der Waals surface area (Å²) in [5, 5.41) is 13.6. The molecule has 3 rings (SSSR count). The molecule has 9 heteroatoms. The summed E-state index contributed by atoms with van der Waals surface area (Å²) in [7, 11) is 0. The van der Waals surface area contributed by atoms with Crippen LogP contribution in [0.4, 0.5) is 8.78 Å².